The molecule has 9 nitrogen and oxygen atoms in total. The van der Waals surface area contributed by atoms with Crippen LogP contribution in [-0.2, 0) is 33.8 Å². The Labute approximate surface area is 207 Å². The van der Waals surface area contributed by atoms with E-state index in [1.807, 2.05) is 55.4 Å². The highest BCUT2D eigenvalue weighted by molar-refractivity contribution is 6.06. The fraction of sp³-hybridized carbons (Fsp3) is 0.577. The van der Waals surface area contributed by atoms with E-state index in [1.165, 1.54) is 0 Å². The number of anilines is 1. The van der Waals surface area contributed by atoms with Crippen LogP contribution in [0, 0.1) is 0 Å². The lowest BCUT2D eigenvalue weighted by atomic mass is 10.1. The maximum absolute atomic E-state index is 12.5. The molecule has 4 rings (SSSR count). The van der Waals surface area contributed by atoms with Crippen molar-refractivity contribution in [2.24, 2.45) is 0 Å². The summed E-state index contributed by atoms with van der Waals surface area (Å²) in [6.07, 6.45) is 1.21. The maximum Gasteiger partial charge on any atom is 0.223 e. The summed E-state index contributed by atoms with van der Waals surface area (Å²) in [4.78, 5) is 23.7. The molecule has 0 bridgehead atoms. The predicted octanol–water partition coefficient (Wildman–Crippen LogP) is 3.29. The van der Waals surface area contributed by atoms with Crippen LogP contribution in [-0.4, -0.2) is 69.5 Å². The minimum Gasteiger partial charge on any atom is -0.391 e. The van der Waals surface area contributed by atoms with E-state index >= 15 is 0 Å². The molecule has 1 atom stereocenters. The number of fused-ring (bicyclic) bond motifs is 3. The number of aliphatic hydroxyl groups excluding tert-OH is 1. The fourth-order valence-electron chi connectivity index (χ4n) is 4.22. The van der Waals surface area contributed by atoms with Crippen LogP contribution in [0.3, 0.4) is 0 Å². The molecule has 9 heteroatoms. The van der Waals surface area contributed by atoms with Gasteiger partial charge in [0.25, 0.3) is 0 Å². The Hall–Kier alpha value is -2.75. The van der Waals surface area contributed by atoms with Crippen molar-refractivity contribution >= 4 is 33.7 Å². The Balaban J connectivity index is 0.00000167. The summed E-state index contributed by atoms with van der Waals surface area (Å²) < 4.78 is 12.9. The number of carbonyl (C=O) groups excluding carboxylic acids is 1. The number of benzene rings is 1. The van der Waals surface area contributed by atoms with Gasteiger partial charge in [0, 0.05) is 31.5 Å². The molecule has 3 heterocycles. The number of hydrogen-bond acceptors (Lipinski definition) is 7. The Kier molecular flexibility index (Phi) is 9.83. The van der Waals surface area contributed by atoms with Gasteiger partial charge in [0.15, 0.2) is 5.82 Å². The average molecular weight is 486 g/mol. The second-order valence-corrected chi connectivity index (χ2v) is 8.38. The number of pyridine rings is 1. The number of amides is 1. The van der Waals surface area contributed by atoms with E-state index in [0.29, 0.717) is 76.7 Å². The van der Waals surface area contributed by atoms with Crippen molar-refractivity contribution in [3.05, 3.63) is 29.6 Å². The van der Waals surface area contributed by atoms with Crippen LogP contribution in [0.25, 0.3) is 21.9 Å². The first kappa shape index (κ1) is 26.8. The van der Waals surface area contributed by atoms with Crippen molar-refractivity contribution < 1.29 is 19.4 Å². The number of aromatic nitrogens is 3. The summed E-state index contributed by atoms with van der Waals surface area (Å²) in [5.74, 6) is 1.22. The number of carbonyl (C=O) groups is 1. The van der Waals surface area contributed by atoms with Gasteiger partial charge in [-0.2, -0.15) is 0 Å². The third-order valence-corrected chi connectivity index (χ3v) is 6.14. The van der Waals surface area contributed by atoms with Crippen LogP contribution in [0.1, 0.15) is 51.9 Å². The van der Waals surface area contributed by atoms with E-state index in [-0.39, 0.29) is 5.91 Å². The molecule has 1 fully saturated rings. The van der Waals surface area contributed by atoms with E-state index in [9.17, 15) is 9.90 Å². The van der Waals surface area contributed by atoms with Gasteiger partial charge in [-0.05, 0) is 31.4 Å². The molecule has 1 unspecified atom stereocenters. The van der Waals surface area contributed by atoms with Gasteiger partial charge >= 0.3 is 0 Å². The zero-order valence-corrected chi connectivity index (χ0v) is 21.4. The molecule has 192 valence electrons. The lowest BCUT2D eigenvalue weighted by Gasteiger charge is -2.26. The number of aryl methyl sites for hydroxylation is 1. The van der Waals surface area contributed by atoms with E-state index in [2.05, 4.69) is 4.98 Å². The number of nitrogens with zero attached hydrogens (tertiary/aromatic N) is 4. The minimum atomic E-state index is -0.502. The zero-order chi connectivity index (χ0) is 25.4. The van der Waals surface area contributed by atoms with Crippen LogP contribution in [0.15, 0.2) is 18.2 Å². The first-order valence-corrected chi connectivity index (χ1v) is 12.7. The summed E-state index contributed by atoms with van der Waals surface area (Å²) in [5.41, 5.74) is 9.57. The highest BCUT2D eigenvalue weighted by Crippen LogP contribution is 2.30. The molecule has 0 aliphatic carbocycles. The highest BCUT2D eigenvalue weighted by Gasteiger charge is 2.20. The van der Waals surface area contributed by atoms with Gasteiger partial charge in [0.1, 0.15) is 17.9 Å². The van der Waals surface area contributed by atoms with E-state index in [0.717, 1.165) is 27.8 Å². The number of imidazole rings is 1. The molecular formula is C26H39N5O4. The van der Waals surface area contributed by atoms with Gasteiger partial charge in [0.05, 0.1) is 36.9 Å². The second-order valence-electron chi connectivity index (χ2n) is 8.38. The molecular weight excluding hydrogens is 446 g/mol. The molecule has 1 aliphatic rings. The predicted molar refractivity (Wildman–Crippen MR) is 138 cm³/mol. The van der Waals surface area contributed by atoms with Crippen molar-refractivity contribution in [3.8, 4) is 0 Å². The number of aliphatic hydroxyl groups is 1. The number of morpholine rings is 1. The first-order valence-electron chi connectivity index (χ1n) is 12.7. The Bertz CT molecular complexity index is 1120. The lowest BCUT2D eigenvalue weighted by Crippen LogP contribution is -2.40. The van der Waals surface area contributed by atoms with Gasteiger partial charge in [-0.15, -0.1) is 0 Å². The molecule has 0 saturated carbocycles. The van der Waals surface area contributed by atoms with E-state index in [1.54, 1.807) is 0 Å². The molecule has 3 N–H and O–H groups in total. The topological polar surface area (TPSA) is 116 Å². The Morgan fingerprint density at radius 3 is 2.66 bits per heavy atom. The third kappa shape index (κ3) is 6.28. The van der Waals surface area contributed by atoms with Crippen LogP contribution in [0.4, 0.5) is 5.82 Å². The van der Waals surface area contributed by atoms with Crippen molar-refractivity contribution in [3.63, 3.8) is 0 Å². The molecule has 1 aromatic carbocycles. The Morgan fingerprint density at radius 1 is 1.23 bits per heavy atom. The largest absolute Gasteiger partial charge is 0.391 e. The molecule has 3 aromatic rings. The SMILES string of the molecule is CC.CCOCc1nc2c(N)nc3cc(CCC(=O)N4CCOCC4)ccc3c2n1CC(O)CC. The molecule has 1 aliphatic heterocycles. The molecule has 0 spiro atoms. The van der Waals surface area contributed by atoms with Crippen LogP contribution < -0.4 is 5.73 Å². The fourth-order valence-corrected chi connectivity index (χ4v) is 4.22. The minimum absolute atomic E-state index is 0.147. The van der Waals surface area contributed by atoms with Crippen molar-refractivity contribution in [1.82, 2.24) is 19.4 Å². The van der Waals surface area contributed by atoms with E-state index < -0.39 is 6.10 Å². The molecule has 1 amide bonds. The van der Waals surface area contributed by atoms with Crippen LogP contribution >= 0.6 is 0 Å². The maximum atomic E-state index is 12.5. The summed E-state index contributed by atoms with van der Waals surface area (Å²) in [7, 11) is 0. The molecule has 2 aromatic heterocycles. The van der Waals surface area contributed by atoms with Crippen LogP contribution in [0.2, 0.25) is 0 Å². The first-order chi connectivity index (χ1) is 17.0. The average Bonchev–Trinajstić information content (AvgIpc) is 3.26. The second kappa shape index (κ2) is 12.8. The monoisotopic (exact) mass is 485 g/mol. The molecule has 0 radical (unpaired) electrons. The molecule has 1 saturated heterocycles. The third-order valence-electron chi connectivity index (χ3n) is 6.14. The number of ether oxygens (including phenoxy) is 2. The summed E-state index contributed by atoms with van der Waals surface area (Å²) in [6.45, 7) is 11.7. The number of rotatable bonds is 9. The van der Waals surface area contributed by atoms with Gasteiger partial charge in [-0.1, -0.05) is 32.9 Å². The highest BCUT2D eigenvalue weighted by atomic mass is 16.5. The summed E-state index contributed by atoms with van der Waals surface area (Å²) in [5, 5.41) is 11.3. The standard InChI is InChI=1S/C24H33N5O4.C2H6/c1-3-17(30)14-29-20(15-32-4-2)27-22-23(29)18-7-5-16(13-19(18)26-24(22)25)6-8-21(31)28-9-11-33-12-10-28;1-2/h5,7,13,17,30H,3-4,6,8-12,14-15H2,1-2H3,(H2,25,26);1-2H3. The van der Waals surface area contributed by atoms with E-state index in [4.69, 9.17) is 20.2 Å². The van der Waals surface area contributed by atoms with Crippen LogP contribution in [0.5, 0.6) is 0 Å². The summed E-state index contributed by atoms with van der Waals surface area (Å²) >= 11 is 0. The van der Waals surface area contributed by atoms with Gasteiger partial charge < -0.3 is 29.8 Å². The van der Waals surface area contributed by atoms with Gasteiger partial charge in [-0.3, -0.25) is 4.79 Å². The molecule has 35 heavy (non-hydrogen) atoms. The van der Waals surface area contributed by atoms with Gasteiger partial charge in [-0.25, -0.2) is 9.97 Å². The number of nitrogen functional groups attached to an aromatic ring is 1. The quantitative estimate of drug-likeness (QED) is 0.478. The van der Waals surface area contributed by atoms with Crippen molar-refractivity contribution in [1.29, 1.82) is 0 Å². The normalized spacial score (nSPS) is 14.7. The number of hydrogen-bond donors (Lipinski definition) is 2. The zero-order valence-electron chi connectivity index (χ0n) is 21.4. The lowest BCUT2D eigenvalue weighted by molar-refractivity contribution is -0.135. The van der Waals surface area contributed by atoms with Crippen molar-refractivity contribution in [2.75, 3.05) is 38.6 Å². The smallest absolute Gasteiger partial charge is 0.223 e. The van der Waals surface area contributed by atoms with Gasteiger partial charge in [0.2, 0.25) is 5.91 Å². The van der Waals surface area contributed by atoms with Crippen molar-refractivity contribution in [2.45, 2.75) is 66.2 Å². The Morgan fingerprint density at radius 2 is 1.97 bits per heavy atom. The number of nitrogens with two attached hydrogens (primary N) is 1. The summed E-state index contributed by atoms with van der Waals surface area (Å²) in [6, 6.07) is 6.04.